The smallest absolute Gasteiger partial charge is 0.478 e. The van der Waals surface area contributed by atoms with Gasteiger partial charge in [0.1, 0.15) is 6.61 Å². The molecule has 0 amide bonds. The van der Waals surface area contributed by atoms with Gasteiger partial charge in [0.2, 0.25) is 5.06 Å². The molecule has 2 N–H and O–H groups in total. The maximum absolute atomic E-state index is 11.1. The van der Waals surface area contributed by atoms with Gasteiger partial charge >= 0.3 is 6.16 Å². The zero-order chi connectivity index (χ0) is 16.2. The summed E-state index contributed by atoms with van der Waals surface area (Å²) in [7, 11) is 1.23. The van der Waals surface area contributed by atoms with E-state index in [1.165, 1.54) is 7.11 Å². The fraction of sp³-hybridized carbons (Fsp3) is 0.125. The van der Waals surface area contributed by atoms with Crippen molar-refractivity contribution in [3.05, 3.63) is 48.2 Å². The first kappa shape index (κ1) is 15.1. The summed E-state index contributed by atoms with van der Waals surface area (Å²) in [5.41, 5.74) is 7.80. The minimum atomic E-state index is -0.818. The molecule has 23 heavy (non-hydrogen) atoms. The number of hydrogen-bond donors (Lipinski definition) is 1. The number of benzene rings is 1. The van der Waals surface area contributed by atoms with Gasteiger partial charge in [-0.2, -0.15) is 0 Å². The van der Waals surface area contributed by atoms with Crippen molar-refractivity contribution >= 4 is 34.1 Å². The van der Waals surface area contributed by atoms with Crippen LogP contribution in [0.15, 0.2) is 42.5 Å². The highest BCUT2D eigenvalue weighted by atomic mass is 32.1. The molecule has 6 nitrogen and oxygen atoms in total. The maximum Gasteiger partial charge on any atom is 0.514 e. The van der Waals surface area contributed by atoms with Crippen molar-refractivity contribution in [1.29, 1.82) is 0 Å². The Morgan fingerprint density at radius 3 is 2.91 bits per heavy atom. The molecule has 0 aliphatic rings. The zero-order valence-corrected chi connectivity index (χ0v) is 13.1. The molecule has 3 rings (SSSR count). The number of thiophene rings is 1. The number of carbonyl (C=O) groups excluding carboxylic acids is 1. The summed E-state index contributed by atoms with van der Waals surface area (Å²) in [6.07, 6.45) is -0.818. The maximum atomic E-state index is 11.1. The van der Waals surface area contributed by atoms with Gasteiger partial charge in [0.25, 0.3) is 0 Å². The Morgan fingerprint density at radius 2 is 2.09 bits per heavy atom. The van der Waals surface area contributed by atoms with Gasteiger partial charge in [-0.15, -0.1) is 0 Å². The van der Waals surface area contributed by atoms with Crippen molar-refractivity contribution in [3.8, 4) is 10.1 Å². The van der Waals surface area contributed by atoms with Gasteiger partial charge in [0, 0.05) is 11.5 Å². The first-order valence-electron chi connectivity index (χ1n) is 6.78. The molecule has 1 aromatic carbocycles. The van der Waals surface area contributed by atoms with E-state index in [-0.39, 0.29) is 5.06 Å². The predicted molar refractivity (Wildman–Crippen MR) is 87.8 cm³/mol. The first-order valence-corrected chi connectivity index (χ1v) is 7.60. The summed E-state index contributed by atoms with van der Waals surface area (Å²) in [5, 5.41) is 1.86. The number of ether oxygens (including phenoxy) is 3. The van der Waals surface area contributed by atoms with Crippen molar-refractivity contribution < 1.29 is 19.0 Å². The van der Waals surface area contributed by atoms with Crippen molar-refractivity contribution in [2.24, 2.45) is 0 Å². The number of nitrogens with two attached hydrogens (primary N) is 1. The van der Waals surface area contributed by atoms with Crippen molar-refractivity contribution in [2.45, 2.75) is 6.61 Å². The molecule has 0 saturated heterocycles. The predicted octanol–water partition coefficient (Wildman–Crippen LogP) is 3.60. The molecule has 0 unspecified atom stereocenters. The van der Waals surface area contributed by atoms with Crippen LogP contribution in [0.1, 0.15) is 5.69 Å². The lowest BCUT2D eigenvalue weighted by Crippen LogP contribution is -2.07. The largest absolute Gasteiger partial charge is 0.514 e. The van der Waals surface area contributed by atoms with E-state index in [0.29, 0.717) is 17.4 Å². The van der Waals surface area contributed by atoms with Crippen molar-refractivity contribution in [1.82, 2.24) is 4.98 Å². The van der Waals surface area contributed by atoms with Crippen LogP contribution < -0.4 is 15.2 Å². The van der Waals surface area contributed by atoms with Gasteiger partial charge in [-0.1, -0.05) is 35.6 Å². The van der Waals surface area contributed by atoms with E-state index in [1.54, 1.807) is 6.07 Å². The summed E-state index contributed by atoms with van der Waals surface area (Å²) >= 11 is 1.13. The topological polar surface area (TPSA) is 83.7 Å². The highest BCUT2D eigenvalue weighted by Crippen LogP contribution is 2.38. The number of carbonyl (C=O) groups is 1. The molecule has 0 radical (unpaired) electrons. The minimum absolute atomic E-state index is 0.248. The number of rotatable bonds is 4. The van der Waals surface area contributed by atoms with E-state index in [1.807, 2.05) is 36.4 Å². The number of pyridine rings is 1. The third kappa shape index (κ3) is 3.51. The number of para-hydroxylation sites is 1. The Labute approximate surface area is 136 Å². The second kappa shape index (κ2) is 6.53. The Bertz CT molecular complexity index is 847. The second-order valence-electron chi connectivity index (χ2n) is 4.65. The van der Waals surface area contributed by atoms with Gasteiger partial charge in [0.15, 0.2) is 5.06 Å². The molecular weight excluding hydrogens is 316 g/mol. The quantitative estimate of drug-likeness (QED) is 0.736. The summed E-state index contributed by atoms with van der Waals surface area (Å²) in [6.45, 7) is 0.294. The van der Waals surface area contributed by atoms with E-state index in [9.17, 15) is 4.79 Å². The van der Waals surface area contributed by atoms with E-state index >= 15 is 0 Å². The molecular formula is C16H14N2O4S. The molecule has 0 atom stereocenters. The number of anilines is 1. The number of aromatic nitrogens is 1. The third-order valence-corrected chi connectivity index (χ3v) is 4.00. The third-order valence-electron chi connectivity index (χ3n) is 3.06. The fourth-order valence-electron chi connectivity index (χ4n) is 1.97. The molecule has 0 fully saturated rings. The second-order valence-corrected chi connectivity index (χ2v) is 5.63. The molecule has 3 aromatic rings. The highest BCUT2D eigenvalue weighted by molar-refractivity contribution is 7.16. The summed E-state index contributed by atoms with van der Waals surface area (Å²) < 4.78 is 15.0. The van der Waals surface area contributed by atoms with Crippen LogP contribution in [0.25, 0.3) is 10.9 Å². The van der Waals surface area contributed by atoms with Gasteiger partial charge in [-0.25, -0.2) is 9.78 Å². The molecule has 0 saturated carbocycles. The summed E-state index contributed by atoms with van der Waals surface area (Å²) in [4.78, 5) is 15.6. The Morgan fingerprint density at radius 1 is 1.26 bits per heavy atom. The van der Waals surface area contributed by atoms with Crippen LogP contribution in [-0.4, -0.2) is 18.2 Å². The van der Waals surface area contributed by atoms with Gasteiger partial charge in [-0.05, 0) is 12.1 Å². The molecule has 118 valence electrons. The molecule has 2 heterocycles. The Balaban J connectivity index is 1.69. The van der Waals surface area contributed by atoms with E-state index in [0.717, 1.165) is 27.9 Å². The van der Waals surface area contributed by atoms with E-state index < -0.39 is 6.16 Å². The number of hydrogen-bond acceptors (Lipinski definition) is 7. The van der Waals surface area contributed by atoms with Crippen LogP contribution in [-0.2, 0) is 11.3 Å². The van der Waals surface area contributed by atoms with Gasteiger partial charge in [-0.3, -0.25) is 0 Å². The molecule has 0 aliphatic carbocycles. The minimum Gasteiger partial charge on any atom is -0.478 e. The molecule has 0 bridgehead atoms. The average molecular weight is 330 g/mol. The lowest BCUT2D eigenvalue weighted by molar-refractivity contribution is 0.123. The van der Waals surface area contributed by atoms with Crippen LogP contribution in [0.3, 0.4) is 0 Å². The van der Waals surface area contributed by atoms with Crippen LogP contribution in [0.4, 0.5) is 10.5 Å². The van der Waals surface area contributed by atoms with Crippen LogP contribution in [0.5, 0.6) is 10.1 Å². The lowest BCUT2D eigenvalue weighted by atomic mass is 10.2. The van der Waals surface area contributed by atoms with E-state index in [4.69, 9.17) is 15.2 Å². The lowest BCUT2D eigenvalue weighted by Gasteiger charge is -2.04. The van der Waals surface area contributed by atoms with Crippen molar-refractivity contribution in [3.63, 3.8) is 0 Å². The Hall–Kier alpha value is -2.80. The fourth-order valence-corrected chi connectivity index (χ4v) is 2.74. The standard InChI is InChI=1S/C16H14N2O4S/c1-20-16(19)22-15-12(17)8-14(23-15)21-9-11-7-6-10-4-2-3-5-13(10)18-11/h2-8H,9,17H2,1H3. The first-order chi connectivity index (χ1) is 11.2. The SMILES string of the molecule is COC(=O)Oc1sc(OCc2ccc3ccccc3n2)cc1N. The molecule has 0 aliphatic heterocycles. The average Bonchev–Trinajstić information content (AvgIpc) is 2.92. The Kier molecular flexibility index (Phi) is 4.29. The number of methoxy groups -OCH3 is 1. The zero-order valence-electron chi connectivity index (χ0n) is 12.3. The number of fused-ring (bicyclic) bond motifs is 1. The number of nitrogen functional groups attached to an aromatic ring is 1. The normalized spacial score (nSPS) is 10.5. The number of nitrogens with zero attached hydrogens (tertiary/aromatic N) is 1. The highest BCUT2D eigenvalue weighted by Gasteiger charge is 2.13. The van der Waals surface area contributed by atoms with Crippen molar-refractivity contribution in [2.75, 3.05) is 12.8 Å². The van der Waals surface area contributed by atoms with E-state index in [2.05, 4.69) is 9.72 Å². The summed E-state index contributed by atoms with van der Waals surface area (Å²) in [6, 6.07) is 13.4. The molecule has 7 heteroatoms. The van der Waals surface area contributed by atoms with Crippen LogP contribution >= 0.6 is 11.3 Å². The molecule has 2 aromatic heterocycles. The summed E-state index contributed by atoms with van der Waals surface area (Å²) in [5.74, 6) is 0. The monoisotopic (exact) mass is 330 g/mol. The van der Waals surface area contributed by atoms with Crippen LogP contribution in [0, 0.1) is 0 Å². The van der Waals surface area contributed by atoms with Crippen LogP contribution in [0.2, 0.25) is 0 Å². The molecule has 0 spiro atoms. The van der Waals surface area contributed by atoms with Gasteiger partial charge in [0.05, 0.1) is 24.0 Å². The van der Waals surface area contributed by atoms with Gasteiger partial charge < -0.3 is 19.9 Å².